The molecule has 0 aliphatic carbocycles. The van der Waals surface area contributed by atoms with Crippen molar-refractivity contribution in [2.45, 2.75) is 18.9 Å². The van der Waals surface area contributed by atoms with Crippen molar-refractivity contribution >= 4 is 11.9 Å². The first-order chi connectivity index (χ1) is 13.7. The van der Waals surface area contributed by atoms with Gasteiger partial charge in [0.1, 0.15) is 5.82 Å². The fourth-order valence-corrected chi connectivity index (χ4v) is 3.59. The molecule has 148 valence electrons. The van der Waals surface area contributed by atoms with E-state index in [1.165, 1.54) is 0 Å². The number of aromatic nitrogens is 2. The maximum Gasteiger partial charge on any atom is 0.317 e. The number of hydrogen-bond donors (Lipinski definition) is 1. The molecular formula is C20H25N5O3. The van der Waals surface area contributed by atoms with Crippen molar-refractivity contribution in [3.63, 3.8) is 0 Å². The molecule has 2 fully saturated rings. The molecule has 0 bridgehead atoms. The van der Waals surface area contributed by atoms with E-state index < -0.39 is 0 Å². The van der Waals surface area contributed by atoms with Crippen LogP contribution < -0.4 is 5.32 Å². The van der Waals surface area contributed by atoms with Crippen molar-refractivity contribution in [1.29, 1.82) is 0 Å². The largest absolute Gasteiger partial charge is 0.378 e. The number of carbonyl (C=O) groups is 2. The second kappa shape index (κ2) is 8.43. The van der Waals surface area contributed by atoms with Gasteiger partial charge in [-0.3, -0.25) is 4.79 Å². The quantitative estimate of drug-likeness (QED) is 0.872. The summed E-state index contributed by atoms with van der Waals surface area (Å²) in [7, 11) is 0. The molecule has 0 spiro atoms. The van der Waals surface area contributed by atoms with E-state index >= 15 is 0 Å². The normalized spacial score (nSPS) is 18.1. The number of pyridine rings is 1. The molecule has 2 aromatic heterocycles. The Balaban J connectivity index is 1.28. The SMILES string of the molecule is O=C(NC1CCN(C(=O)c2ccc(-n3cccc3)nc2)CC1)N1CCOCC1. The summed E-state index contributed by atoms with van der Waals surface area (Å²) in [6, 6.07) is 7.61. The third-order valence-corrected chi connectivity index (χ3v) is 5.27. The van der Waals surface area contributed by atoms with Crippen LogP contribution >= 0.6 is 0 Å². The van der Waals surface area contributed by atoms with E-state index in [9.17, 15) is 9.59 Å². The summed E-state index contributed by atoms with van der Waals surface area (Å²) >= 11 is 0. The molecule has 3 amide bonds. The van der Waals surface area contributed by atoms with Crippen LogP contribution in [0.25, 0.3) is 5.82 Å². The number of likely N-dealkylation sites (tertiary alicyclic amines) is 1. The molecule has 4 rings (SSSR count). The van der Waals surface area contributed by atoms with Gasteiger partial charge in [-0.15, -0.1) is 0 Å². The van der Waals surface area contributed by atoms with Crippen LogP contribution in [0.5, 0.6) is 0 Å². The minimum atomic E-state index is -0.0297. The highest BCUT2D eigenvalue weighted by Gasteiger charge is 2.26. The van der Waals surface area contributed by atoms with E-state index in [0.29, 0.717) is 45.0 Å². The lowest BCUT2D eigenvalue weighted by Gasteiger charge is -2.34. The van der Waals surface area contributed by atoms with Gasteiger partial charge in [-0.2, -0.15) is 0 Å². The highest BCUT2D eigenvalue weighted by molar-refractivity contribution is 5.94. The molecule has 0 saturated carbocycles. The molecule has 2 aliphatic rings. The number of piperidine rings is 1. The van der Waals surface area contributed by atoms with Gasteiger partial charge in [-0.1, -0.05) is 0 Å². The van der Waals surface area contributed by atoms with Crippen LogP contribution in [0.2, 0.25) is 0 Å². The average molecular weight is 383 g/mol. The van der Waals surface area contributed by atoms with Crippen LogP contribution in [0.4, 0.5) is 4.79 Å². The Hall–Kier alpha value is -2.87. The molecule has 2 saturated heterocycles. The maximum absolute atomic E-state index is 12.7. The minimum absolute atomic E-state index is 0.00971. The third kappa shape index (κ3) is 4.17. The molecule has 4 heterocycles. The predicted octanol–water partition coefficient (Wildman–Crippen LogP) is 1.52. The van der Waals surface area contributed by atoms with E-state index in [4.69, 9.17) is 4.74 Å². The van der Waals surface area contributed by atoms with E-state index in [1.807, 2.05) is 46.1 Å². The summed E-state index contributed by atoms with van der Waals surface area (Å²) in [4.78, 5) is 33.1. The highest BCUT2D eigenvalue weighted by atomic mass is 16.5. The van der Waals surface area contributed by atoms with Gasteiger partial charge in [0.05, 0.1) is 18.8 Å². The van der Waals surface area contributed by atoms with Gasteiger partial charge in [-0.05, 0) is 37.1 Å². The molecule has 8 nitrogen and oxygen atoms in total. The van der Waals surface area contributed by atoms with Crippen molar-refractivity contribution in [2.75, 3.05) is 39.4 Å². The van der Waals surface area contributed by atoms with E-state index in [0.717, 1.165) is 18.7 Å². The number of morpholine rings is 1. The monoisotopic (exact) mass is 383 g/mol. The summed E-state index contributed by atoms with van der Waals surface area (Å²) < 4.78 is 7.18. The van der Waals surface area contributed by atoms with Crippen LogP contribution in [-0.2, 0) is 4.74 Å². The van der Waals surface area contributed by atoms with E-state index in [2.05, 4.69) is 10.3 Å². The summed E-state index contributed by atoms with van der Waals surface area (Å²) in [5.74, 6) is 0.774. The smallest absolute Gasteiger partial charge is 0.317 e. The second-order valence-corrected chi connectivity index (χ2v) is 7.11. The van der Waals surface area contributed by atoms with Gasteiger partial charge >= 0.3 is 6.03 Å². The van der Waals surface area contributed by atoms with Gasteiger partial charge < -0.3 is 24.4 Å². The van der Waals surface area contributed by atoms with Crippen molar-refractivity contribution in [2.24, 2.45) is 0 Å². The number of carbonyl (C=O) groups excluding carboxylic acids is 2. The molecule has 28 heavy (non-hydrogen) atoms. The molecule has 1 N–H and O–H groups in total. The third-order valence-electron chi connectivity index (χ3n) is 5.27. The number of ether oxygens (including phenoxy) is 1. The van der Waals surface area contributed by atoms with Crippen molar-refractivity contribution in [3.05, 3.63) is 48.4 Å². The Bertz CT molecular complexity index is 792. The summed E-state index contributed by atoms with van der Waals surface area (Å²) in [5.41, 5.74) is 0.590. The van der Waals surface area contributed by atoms with Gasteiger partial charge in [0.2, 0.25) is 0 Å². The van der Waals surface area contributed by atoms with Gasteiger partial charge in [-0.25, -0.2) is 9.78 Å². The topological polar surface area (TPSA) is 79.7 Å². The Labute approximate surface area is 164 Å². The van der Waals surface area contributed by atoms with E-state index in [-0.39, 0.29) is 18.0 Å². The number of amides is 3. The zero-order valence-electron chi connectivity index (χ0n) is 15.8. The Kier molecular flexibility index (Phi) is 5.57. The fraction of sp³-hybridized carbons (Fsp3) is 0.450. The van der Waals surface area contributed by atoms with Crippen LogP contribution in [0.15, 0.2) is 42.9 Å². The van der Waals surface area contributed by atoms with Crippen molar-refractivity contribution in [1.82, 2.24) is 24.7 Å². The lowest BCUT2D eigenvalue weighted by atomic mass is 10.0. The maximum atomic E-state index is 12.7. The highest BCUT2D eigenvalue weighted by Crippen LogP contribution is 2.15. The van der Waals surface area contributed by atoms with Crippen LogP contribution in [0, 0.1) is 0 Å². The first-order valence-electron chi connectivity index (χ1n) is 9.72. The molecular weight excluding hydrogens is 358 g/mol. The lowest BCUT2D eigenvalue weighted by molar-refractivity contribution is 0.0512. The summed E-state index contributed by atoms with van der Waals surface area (Å²) in [6.07, 6.45) is 6.98. The van der Waals surface area contributed by atoms with Crippen LogP contribution in [-0.4, -0.2) is 76.7 Å². The van der Waals surface area contributed by atoms with Gasteiger partial charge in [0, 0.05) is 50.8 Å². The summed E-state index contributed by atoms with van der Waals surface area (Å²) in [6.45, 7) is 3.72. The number of nitrogens with zero attached hydrogens (tertiary/aromatic N) is 4. The molecule has 2 aromatic rings. The zero-order chi connectivity index (χ0) is 19.3. The Morgan fingerprint density at radius 2 is 1.71 bits per heavy atom. The predicted molar refractivity (Wildman–Crippen MR) is 103 cm³/mol. The fourth-order valence-electron chi connectivity index (χ4n) is 3.59. The zero-order valence-corrected chi connectivity index (χ0v) is 15.8. The van der Waals surface area contributed by atoms with Gasteiger partial charge in [0.25, 0.3) is 5.91 Å². The van der Waals surface area contributed by atoms with Crippen molar-refractivity contribution < 1.29 is 14.3 Å². The number of rotatable bonds is 3. The average Bonchev–Trinajstić information content (AvgIpc) is 3.29. The number of hydrogen-bond acceptors (Lipinski definition) is 4. The molecule has 8 heteroatoms. The number of nitrogens with one attached hydrogen (secondary N) is 1. The van der Waals surface area contributed by atoms with Crippen molar-refractivity contribution in [3.8, 4) is 5.82 Å². The molecule has 0 aromatic carbocycles. The standard InChI is InChI=1S/C20H25N5O3/c26-19(16-3-4-18(21-15-16)23-7-1-2-8-23)24-9-5-17(6-10-24)22-20(27)25-11-13-28-14-12-25/h1-4,7-8,15,17H,5-6,9-14H2,(H,22,27). The Morgan fingerprint density at radius 1 is 1.00 bits per heavy atom. The Morgan fingerprint density at radius 3 is 2.36 bits per heavy atom. The second-order valence-electron chi connectivity index (χ2n) is 7.11. The lowest BCUT2D eigenvalue weighted by Crippen LogP contribution is -2.52. The molecule has 0 atom stereocenters. The summed E-state index contributed by atoms with van der Waals surface area (Å²) in [5, 5.41) is 3.09. The number of urea groups is 1. The molecule has 0 radical (unpaired) electrons. The van der Waals surface area contributed by atoms with Gasteiger partial charge in [0.15, 0.2) is 0 Å². The minimum Gasteiger partial charge on any atom is -0.378 e. The molecule has 2 aliphatic heterocycles. The van der Waals surface area contributed by atoms with E-state index in [1.54, 1.807) is 11.1 Å². The van der Waals surface area contributed by atoms with Crippen LogP contribution in [0.1, 0.15) is 23.2 Å². The van der Waals surface area contributed by atoms with Crippen LogP contribution in [0.3, 0.4) is 0 Å². The molecule has 0 unspecified atom stereocenters. The first kappa shape index (κ1) is 18.5. The first-order valence-corrected chi connectivity index (χ1v) is 9.72.